The number of nitrogens with one attached hydrogen (secondary N) is 2. The second-order valence-electron chi connectivity index (χ2n) is 7.80. The molecule has 7 heteroatoms. The van der Waals surface area contributed by atoms with Crippen molar-refractivity contribution in [1.29, 1.82) is 5.26 Å². The molecular weight excluding hydrogens is 392 g/mol. The molecule has 1 unspecified atom stereocenters. The average molecular weight is 423 g/mol. The van der Waals surface area contributed by atoms with E-state index in [0.717, 1.165) is 35.1 Å². The number of nitrogens with two attached hydrogens (primary N) is 1. The van der Waals surface area contributed by atoms with Gasteiger partial charge in [-0.1, -0.05) is 12.1 Å². The number of amides is 2. The summed E-state index contributed by atoms with van der Waals surface area (Å²) in [6, 6.07) is 11.2. The van der Waals surface area contributed by atoms with E-state index in [1.54, 1.807) is 31.2 Å². The van der Waals surface area contributed by atoms with Crippen molar-refractivity contribution in [2.75, 3.05) is 6.54 Å². The second kappa shape index (κ2) is 11.1. The van der Waals surface area contributed by atoms with Gasteiger partial charge >= 0.3 is 0 Å². The van der Waals surface area contributed by atoms with Gasteiger partial charge in [0, 0.05) is 6.54 Å². The molecular formula is C24H30N4O3. The molecule has 164 valence electrons. The standard InChI is InChI=1S/C24H30N4O3/c1-15-11-20(29)12-16(2)21(15)13-22(26)24(31)28-17(3)23(30)27-10-4-5-18-6-8-19(14-25)9-7-18/h6-9,11-12,17,22,29H,4-5,10,13,26H2,1-3H3,(H,27,30)(H,28,31)/t17-,22?/m1/s1. The number of rotatable bonds is 9. The third kappa shape index (κ3) is 7.12. The van der Waals surface area contributed by atoms with E-state index in [1.165, 1.54) is 0 Å². The number of aryl methyl sites for hydroxylation is 3. The third-order valence-electron chi connectivity index (χ3n) is 5.22. The van der Waals surface area contributed by atoms with Crippen LogP contribution in [0, 0.1) is 25.2 Å². The van der Waals surface area contributed by atoms with Gasteiger partial charge in [0.2, 0.25) is 11.8 Å². The number of nitrogens with zero attached hydrogens (tertiary/aromatic N) is 1. The Morgan fingerprint density at radius 3 is 2.32 bits per heavy atom. The fourth-order valence-electron chi connectivity index (χ4n) is 3.39. The molecule has 0 spiro atoms. The van der Waals surface area contributed by atoms with Gasteiger partial charge in [-0.25, -0.2) is 0 Å². The van der Waals surface area contributed by atoms with Gasteiger partial charge in [-0.2, -0.15) is 5.26 Å². The molecule has 0 aliphatic rings. The van der Waals surface area contributed by atoms with Crippen LogP contribution in [0.1, 0.15) is 41.2 Å². The molecule has 2 rings (SSSR count). The molecule has 0 bridgehead atoms. The molecule has 31 heavy (non-hydrogen) atoms. The zero-order chi connectivity index (χ0) is 23.0. The van der Waals surface area contributed by atoms with E-state index in [4.69, 9.17) is 11.0 Å². The fourth-order valence-corrected chi connectivity index (χ4v) is 3.39. The minimum atomic E-state index is -0.798. The van der Waals surface area contributed by atoms with Gasteiger partial charge < -0.3 is 21.5 Å². The Balaban J connectivity index is 1.76. The molecule has 0 saturated carbocycles. The molecule has 0 aromatic heterocycles. The lowest BCUT2D eigenvalue weighted by Gasteiger charge is -2.19. The van der Waals surface area contributed by atoms with Crippen LogP contribution in [0.2, 0.25) is 0 Å². The van der Waals surface area contributed by atoms with E-state index in [1.807, 2.05) is 26.0 Å². The summed E-state index contributed by atoms with van der Waals surface area (Å²) in [4.78, 5) is 24.7. The number of hydrogen-bond acceptors (Lipinski definition) is 5. The first-order valence-electron chi connectivity index (χ1n) is 10.3. The molecule has 5 N–H and O–H groups in total. The van der Waals surface area contributed by atoms with E-state index in [2.05, 4.69) is 16.7 Å². The predicted molar refractivity (Wildman–Crippen MR) is 119 cm³/mol. The molecule has 0 aliphatic heterocycles. The van der Waals surface area contributed by atoms with Crippen molar-refractivity contribution < 1.29 is 14.7 Å². The van der Waals surface area contributed by atoms with Crippen LogP contribution in [0.25, 0.3) is 0 Å². The second-order valence-corrected chi connectivity index (χ2v) is 7.80. The lowest BCUT2D eigenvalue weighted by atomic mass is 9.96. The Hall–Kier alpha value is -3.37. The van der Waals surface area contributed by atoms with Crippen LogP contribution in [0.4, 0.5) is 0 Å². The van der Waals surface area contributed by atoms with E-state index in [-0.39, 0.29) is 11.7 Å². The highest BCUT2D eigenvalue weighted by atomic mass is 16.3. The number of aromatic hydroxyl groups is 1. The maximum atomic E-state index is 12.4. The average Bonchev–Trinajstić information content (AvgIpc) is 2.73. The van der Waals surface area contributed by atoms with Crippen LogP contribution in [-0.4, -0.2) is 35.5 Å². The lowest BCUT2D eigenvalue weighted by Crippen LogP contribution is -2.51. The first-order valence-corrected chi connectivity index (χ1v) is 10.3. The first kappa shape index (κ1) is 23.9. The van der Waals surface area contributed by atoms with E-state index in [9.17, 15) is 14.7 Å². The van der Waals surface area contributed by atoms with Gasteiger partial charge in [0.25, 0.3) is 0 Å². The van der Waals surface area contributed by atoms with Crippen molar-refractivity contribution in [1.82, 2.24) is 10.6 Å². The summed E-state index contributed by atoms with van der Waals surface area (Å²) in [5, 5.41) is 24.0. The Morgan fingerprint density at radius 2 is 1.74 bits per heavy atom. The lowest BCUT2D eigenvalue weighted by molar-refractivity contribution is -0.129. The fraction of sp³-hybridized carbons (Fsp3) is 0.375. The van der Waals surface area contributed by atoms with E-state index in [0.29, 0.717) is 18.5 Å². The maximum Gasteiger partial charge on any atom is 0.242 e. The molecule has 0 saturated heterocycles. The number of hydrogen-bond donors (Lipinski definition) is 4. The van der Waals surface area contributed by atoms with Crippen molar-refractivity contribution in [2.45, 2.75) is 52.1 Å². The Morgan fingerprint density at radius 1 is 1.13 bits per heavy atom. The van der Waals surface area contributed by atoms with Crippen molar-refractivity contribution >= 4 is 11.8 Å². The van der Waals surface area contributed by atoms with E-state index < -0.39 is 18.0 Å². The quantitative estimate of drug-likeness (QED) is 0.460. The molecule has 0 fully saturated rings. The molecule has 7 nitrogen and oxygen atoms in total. The molecule has 0 heterocycles. The number of phenols is 1. The smallest absolute Gasteiger partial charge is 0.242 e. The van der Waals surface area contributed by atoms with Crippen LogP contribution >= 0.6 is 0 Å². The Labute approximate surface area is 183 Å². The van der Waals surface area contributed by atoms with Crippen molar-refractivity contribution in [3.63, 3.8) is 0 Å². The number of benzene rings is 2. The highest BCUT2D eigenvalue weighted by Crippen LogP contribution is 2.21. The Kier molecular flexibility index (Phi) is 8.59. The Bertz CT molecular complexity index is 941. The summed E-state index contributed by atoms with van der Waals surface area (Å²) >= 11 is 0. The van der Waals surface area contributed by atoms with Gasteiger partial charge in [0.1, 0.15) is 11.8 Å². The van der Waals surface area contributed by atoms with Gasteiger partial charge in [-0.15, -0.1) is 0 Å². The van der Waals surface area contributed by atoms with Gasteiger partial charge in [-0.05, 0) is 86.6 Å². The number of carbonyl (C=O) groups excluding carboxylic acids is 2. The summed E-state index contributed by atoms with van der Waals surface area (Å²) in [7, 11) is 0. The van der Waals surface area contributed by atoms with Gasteiger partial charge in [0.15, 0.2) is 0 Å². The molecule has 2 atom stereocenters. The summed E-state index contributed by atoms with van der Waals surface area (Å²) in [5.41, 5.74) is 10.4. The highest BCUT2D eigenvalue weighted by Gasteiger charge is 2.21. The van der Waals surface area contributed by atoms with Crippen LogP contribution < -0.4 is 16.4 Å². The molecule has 2 aromatic rings. The molecule has 2 aromatic carbocycles. The predicted octanol–water partition coefficient (Wildman–Crippen LogP) is 2.00. The number of nitriles is 1. The van der Waals surface area contributed by atoms with Gasteiger partial charge in [-0.3, -0.25) is 9.59 Å². The molecule has 2 amide bonds. The maximum absolute atomic E-state index is 12.4. The minimum Gasteiger partial charge on any atom is -0.508 e. The molecule has 0 radical (unpaired) electrons. The SMILES string of the molecule is Cc1cc(O)cc(C)c1CC(N)C(=O)N[C@H](C)C(=O)NCCCc1ccc(C#N)cc1. The zero-order valence-electron chi connectivity index (χ0n) is 18.2. The number of phenolic OH excluding ortho intramolecular Hbond substituents is 1. The summed E-state index contributed by atoms with van der Waals surface area (Å²) in [5.74, 6) is -0.481. The largest absolute Gasteiger partial charge is 0.508 e. The normalized spacial score (nSPS) is 12.5. The summed E-state index contributed by atoms with van der Waals surface area (Å²) < 4.78 is 0. The van der Waals surface area contributed by atoms with Gasteiger partial charge in [0.05, 0.1) is 17.7 Å². The summed E-state index contributed by atoms with van der Waals surface area (Å²) in [6.45, 7) is 5.83. The molecule has 0 aliphatic carbocycles. The summed E-state index contributed by atoms with van der Waals surface area (Å²) in [6.07, 6.45) is 1.85. The third-order valence-corrected chi connectivity index (χ3v) is 5.22. The zero-order valence-corrected chi connectivity index (χ0v) is 18.2. The monoisotopic (exact) mass is 422 g/mol. The van der Waals surface area contributed by atoms with E-state index >= 15 is 0 Å². The van der Waals surface area contributed by atoms with Crippen molar-refractivity contribution in [3.8, 4) is 11.8 Å². The van der Waals surface area contributed by atoms with Crippen LogP contribution in [0.5, 0.6) is 5.75 Å². The van der Waals surface area contributed by atoms with Crippen LogP contribution in [0.3, 0.4) is 0 Å². The number of carbonyl (C=O) groups is 2. The topological polar surface area (TPSA) is 128 Å². The van der Waals surface area contributed by atoms with Crippen LogP contribution in [0.15, 0.2) is 36.4 Å². The van der Waals surface area contributed by atoms with Crippen LogP contribution in [-0.2, 0) is 22.4 Å². The minimum absolute atomic E-state index is 0.182. The highest BCUT2D eigenvalue weighted by molar-refractivity contribution is 5.89. The van der Waals surface area contributed by atoms with Crippen molar-refractivity contribution in [3.05, 3.63) is 64.2 Å². The van der Waals surface area contributed by atoms with Crippen molar-refractivity contribution in [2.24, 2.45) is 5.73 Å². The first-order chi connectivity index (χ1) is 14.7.